The van der Waals surface area contributed by atoms with E-state index in [0.29, 0.717) is 5.92 Å². The molecule has 2 nitrogen and oxygen atoms in total. The van der Waals surface area contributed by atoms with Crippen LogP contribution in [0.3, 0.4) is 0 Å². The molecule has 1 heterocycles. The molecule has 0 aliphatic heterocycles. The Kier molecular flexibility index (Phi) is 5.67. The largest absolute Gasteiger partial charge is 0.338 e. The minimum atomic E-state index is 0.0922. The average molecular weight is 383 g/mol. The molecule has 1 rings (SSSR count). The van der Waals surface area contributed by atoms with Gasteiger partial charge in [-0.15, -0.1) is 11.3 Å². The zero-order chi connectivity index (χ0) is 13.2. The van der Waals surface area contributed by atoms with Crippen molar-refractivity contribution in [2.24, 2.45) is 5.92 Å². The van der Waals surface area contributed by atoms with Gasteiger partial charge in [-0.1, -0.05) is 13.8 Å². The number of halogens is 2. The highest BCUT2D eigenvalue weighted by Gasteiger charge is 2.20. The van der Waals surface area contributed by atoms with E-state index in [0.717, 1.165) is 19.6 Å². The van der Waals surface area contributed by atoms with Gasteiger partial charge in [0.15, 0.2) is 0 Å². The molecule has 0 fully saturated rings. The van der Waals surface area contributed by atoms with E-state index in [1.165, 1.54) is 11.3 Å². The summed E-state index contributed by atoms with van der Waals surface area (Å²) in [6.07, 6.45) is 1.02. The van der Waals surface area contributed by atoms with E-state index in [2.05, 4.69) is 52.6 Å². The smallest absolute Gasteiger partial charge is 0.263 e. The number of amides is 1. The lowest BCUT2D eigenvalue weighted by Crippen LogP contribution is -2.35. The fourth-order valence-corrected chi connectivity index (χ4v) is 3.68. The summed E-state index contributed by atoms with van der Waals surface area (Å²) in [6.45, 7) is 6.44. The van der Waals surface area contributed by atoms with Crippen molar-refractivity contribution in [2.45, 2.75) is 33.2 Å². The summed E-state index contributed by atoms with van der Waals surface area (Å²) in [5, 5.41) is 0. The molecule has 96 valence electrons. The van der Waals surface area contributed by atoms with Gasteiger partial charge < -0.3 is 4.90 Å². The van der Waals surface area contributed by atoms with Crippen LogP contribution in [-0.2, 0) is 0 Å². The monoisotopic (exact) mass is 381 g/mol. The summed E-state index contributed by atoms with van der Waals surface area (Å²) >= 11 is 8.28. The summed E-state index contributed by atoms with van der Waals surface area (Å²) in [7, 11) is 1.87. The van der Waals surface area contributed by atoms with Crippen LogP contribution in [0.15, 0.2) is 14.3 Å². The molecule has 1 amide bonds. The third-order valence-corrected chi connectivity index (χ3v) is 5.89. The number of thiophene rings is 1. The highest BCUT2D eigenvalue weighted by atomic mass is 79.9. The molecular weight excluding hydrogens is 366 g/mol. The van der Waals surface area contributed by atoms with Gasteiger partial charge >= 0.3 is 0 Å². The van der Waals surface area contributed by atoms with Crippen molar-refractivity contribution >= 4 is 49.1 Å². The van der Waals surface area contributed by atoms with E-state index >= 15 is 0 Å². The second-order valence-corrected chi connectivity index (χ2v) is 7.85. The van der Waals surface area contributed by atoms with Crippen LogP contribution in [0.4, 0.5) is 0 Å². The molecule has 17 heavy (non-hydrogen) atoms. The van der Waals surface area contributed by atoms with E-state index < -0.39 is 0 Å². The number of carbonyl (C=O) groups is 1. The second-order valence-electron chi connectivity index (χ2n) is 4.63. The molecule has 0 saturated carbocycles. The lowest BCUT2D eigenvalue weighted by atomic mass is 10.0. The zero-order valence-electron chi connectivity index (χ0n) is 10.5. The van der Waals surface area contributed by atoms with Crippen molar-refractivity contribution in [2.75, 3.05) is 7.05 Å². The van der Waals surface area contributed by atoms with Gasteiger partial charge in [0.2, 0.25) is 0 Å². The molecule has 1 aromatic rings. The first-order chi connectivity index (χ1) is 7.82. The molecule has 5 heteroatoms. The van der Waals surface area contributed by atoms with Gasteiger partial charge in [0.05, 0.1) is 8.66 Å². The topological polar surface area (TPSA) is 20.3 Å². The van der Waals surface area contributed by atoms with Crippen molar-refractivity contribution in [1.82, 2.24) is 4.90 Å². The standard InChI is InChI=1S/C12H17Br2NOS/c1-7(2)5-8(3)15(4)12(16)10-6-9(13)11(14)17-10/h6-8H,5H2,1-4H3. The number of rotatable bonds is 4. The molecule has 0 aliphatic carbocycles. The maximum atomic E-state index is 12.2. The van der Waals surface area contributed by atoms with Crippen LogP contribution in [0.5, 0.6) is 0 Å². The molecule has 0 spiro atoms. The van der Waals surface area contributed by atoms with Crippen molar-refractivity contribution in [1.29, 1.82) is 0 Å². The number of carbonyl (C=O) groups excluding carboxylic acids is 1. The molecule has 0 aliphatic rings. The minimum Gasteiger partial charge on any atom is -0.338 e. The normalized spacial score (nSPS) is 12.9. The Labute approximate surface area is 124 Å². The molecular formula is C12H17Br2NOS. The molecule has 0 N–H and O–H groups in total. The Bertz CT molecular complexity index is 384. The van der Waals surface area contributed by atoms with Gasteiger partial charge in [-0.25, -0.2) is 0 Å². The van der Waals surface area contributed by atoms with E-state index in [1.54, 1.807) is 0 Å². The maximum absolute atomic E-state index is 12.2. The quantitative estimate of drug-likeness (QED) is 0.733. The van der Waals surface area contributed by atoms with Crippen molar-refractivity contribution in [3.05, 3.63) is 19.2 Å². The van der Waals surface area contributed by atoms with Crippen LogP contribution in [0.1, 0.15) is 36.9 Å². The lowest BCUT2D eigenvalue weighted by Gasteiger charge is -2.25. The minimum absolute atomic E-state index is 0.0922. The third kappa shape index (κ3) is 4.07. The van der Waals surface area contributed by atoms with Crippen molar-refractivity contribution < 1.29 is 4.79 Å². The predicted octanol–water partition coefficient (Wildman–Crippen LogP) is 4.78. The van der Waals surface area contributed by atoms with Crippen LogP contribution in [0, 0.1) is 5.92 Å². The van der Waals surface area contributed by atoms with Crippen LogP contribution in [0.2, 0.25) is 0 Å². The molecule has 0 saturated heterocycles. The van der Waals surface area contributed by atoms with Crippen LogP contribution in [0.25, 0.3) is 0 Å². The van der Waals surface area contributed by atoms with Gasteiger partial charge in [-0.05, 0) is 57.2 Å². The van der Waals surface area contributed by atoms with Crippen LogP contribution in [-0.4, -0.2) is 23.9 Å². The summed E-state index contributed by atoms with van der Waals surface area (Å²) in [5.41, 5.74) is 0. The first-order valence-corrected chi connectivity index (χ1v) is 7.95. The molecule has 0 aromatic carbocycles. The van der Waals surface area contributed by atoms with Gasteiger partial charge in [0.25, 0.3) is 5.91 Å². The van der Waals surface area contributed by atoms with Gasteiger partial charge in [-0.2, -0.15) is 0 Å². The number of hydrogen-bond acceptors (Lipinski definition) is 2. The highest BCUT2D eigenvalue weighted by Crippen LogP contribution is 2.33. The zero-order valence-corrected chi connectivity index (χ0v) is 14.4. The predicted molar refractivity (Wildman–Crippen MR) is 80.7 cm³/mol. The SMILES string of the molecule is CC(C)CC(C)N(C)C(=O)c1cc(Br)c(Br)s1. The first kappa shape index (κ1) is 15.2. The van der Waals surface area contributed by atoms with Crippen LogP contribution < -0.4 is 0 Å². The Morgan fingerprint density at radius 1 is 1.41 bits per heavy atom. The van der Waals surface area contributed by atoms with E-state index in [9.17, 15) is 4.79 Å². The maximum Gasteiger partial charge on any atom is 0.263 e. The Morgan fingerprint density at radius 2 is 2.00 bits per heavy atom. The van der Waals surface area contributed by atoms with Gasteiger partial charge in [0.1, 0.15) is 0 Å². The molecule has 0 bridgehead atoms. The lowest BCUT2D eigenvalue weighted by molar-refractivity contribution is 0.0733. The first-order valence-electron chi connectivity index (χ1n) is 5.55. The Morgan fingerprint density at radius 3 is 2.41 bits per heavy atom. The molecule has 0 radical (unpaired) electrons. The number of hydrogen-bond donors (Lipinski definition) is 0. The summed E-state index contributed by atoms with van der Waals surface area (Å²) in [6, 6.07) is 2.14. The van der Waals surface area contributed by atoms with Gasteiger partial charge in [0, 0.05) is 17.6 Å². The summed E-state index contributed by atoms with van der Waals surface area (Å²) in [4.78, 5) is 14.8. The van der Waals surface area contributed by atoms with E-state index in [-0.39, 0.29) is 11.9 Å². The number of nitrogens with zero attached hydrogens (tertiary/aromatic N) is 1. The fraction of sp³-hybridized carbons (Fsp3) is 0.583. The summed E-state index contributed by atoms with van der Waals surface area (Å²) < 4.78 is 1.90. The average Bonchev–Trinajstić information content (AvgIpc) is 2.56. The Hall–Kier alpha value is 0.130. The summed E-state index contributed by atoms with van der Waals surface area (Å²) in [5.74, 6) is 0.691. The van der Waals surface area contributed by atoms with E-state index in [1.807, 2.05) is 18.0 Å². The second kappa shape index (κ2) is 6.34. The van der Waals surface area contributed by atoms with Crippen molar-refractivity contribution in [3.63, 3.8) is 0 Å². The Balaban J connectivity index is 2.75. The van der Waals surface area contributed by atoms with Crippen molar-refractivity contribution in [3.8, 4) is 0 Å². The van der Waals surface area contributed by atoms with Crippen LogP contribution >= 0.6 is 43.2 Å². The molecule has 1 aromatic heterocycles. The molecule has 1 atom stereocenters. The third-order valence-electron chi connectivity index (χ3n) is 2.65. The highest BCUT2D eigenvalue weighted by molar-refractivity contribution is 9.13. The fourth-order valence-electron chi connectivity index (χ4n) is 1.67. The molecule has 1 unspecified atom stereocenters. The van der Waals surface area contributed by atoms with E-state index in [4.69, 9.17) is 0 Å². The van der Waals surface area contributed by atoms with Gasteiger partial charge in [-0.3, -0.25) is 4.79 Å².